The van der Waals surface area contributed by atoms with Gasteiger partial charge in [-0.1, -0.05) is 6.92 Å². The molecule has 3 rings (SSSR count). The van der Waals surface area contributed by atoms with Crippen LogP contribution in [0.15, 0.2) is 12.1 Å². The average Bonchev–Trinajstić information content (AvgIpc) is 3.06. The van der Waals surface area contributed by atoms with Gasteiger partial charge in [0, 0.05) is 13.0 Å². The van der Waals surface area contributed by atoms with Crippen LogP contribution < -0.4 is 5.32 Å². The topological polar surface area (TPSA) is 53.6 Å². The van der Waals surface area contributed by atoms with Crippen molar-refractivity contribution in [2.75, 3.05) is 12.4 Å². The Morgan fingerprint density at radius 1 is 1.38 bits per heavy atom. The molecule has 0 bridgehead atoms. The molecule has 2 heterocycles. The predicted molar refractivity (Wildman–Crippen MR) is 64.6 cm³/mol. The van der Waals surface area contributed by atoms with Gasteiger partial charge in [-0.05, 0) is 30.9 Å². The largest absolute Gasteiger partial charge is 0.373 e. The van der Waals surface area contributed by atoms with Crippen LogP contribution in [0.5, 0.6) is 0 Å². The van der Waals surface area contributed by atoms with Crippen LogP contribution in [0.4, 0.5) is 5.82 Å². The van der Waals surface area contributed by atoms with E-state index in [4.69, 9.17) is 0 Å². The summed E-state index contributed by atoms with van der Waals surface area (Å²) in [4.78, 5) is 12.4. The van der Waals surface area contributed by atoms with Crippen molar-refractivity contribution in [2.45, 2.75) is 25.7 Å². The van der Waals surface area contributed by atoms with Gasteiger partial charge in [0.1, 0.15) is 11.6 Å². The molecule has 4 nitrogen and oxygen atoms in total. The van der Waals surface area contributed by atoms with E-state index in [9.17, 15) is 0 Å². The number of nitrogens with one attached hydrogen (secondary N) is 2. The second-order valence-electron chi connectivity index (χ2n) is 4.57. The molecule has 0 aliphatic heterocycles. The standard InChI is InChI=1S/C12H16N4/c1-7(8-3-4-8)11-14-9-5-6-10(13-2)15-12(9)16-11/h5-8H,3-4H2,1-2H3,(H2,13,14,15,16). The average molecular weight is 216 g/mol. The number of pyridine rings is 1. The third-order valence-electron chi connectivity index (χ3n) is 3.38. The molecule has 84 valence electrons. The maximum atomic E-state index is 4.58. The first-order valence-corrected chi connectivity index (χ1v) is 5.82. The third kappa shape index (κ3) is 1.54. The molecule has 0 saturated heterocycles. The number of aromatic nitrogens is 3. The normalized spacial score (nSPS) is 17.6. The van der Waals surface area contributed by atoms with Gasteiger partial charge in [-0.15, -0.1) is 0 Å². The summed E-state index contributed by atoms with van der Waals surface area (Å²) in [6.07, 6.45) is 2.68. The first kappa shape index (κ1) is 9.63. The molecule has 2 aromatic rings. The van der Waals surface area contributed by atoms with E-state index < -0.39 is 0 Å². The fourth-order valence-electron chi connectivity index (χ4n) is 2.09. The van der Waals surface area contributed by atoms with E-state index in [1.807, 2.05) is 19.2 Å². The molecule has 0 spiro atoms. The number of aromatic amines is 1. The van der Waals surface area contributed by atoms with Gasteiger partial charge >= 0.3 is 0 Å². The molecule has 2 N–H and O–H groups in total. The molecular weight excluding hydrogens is 200 g/mol. The Kier molecular flexibility index (Phi) is 2.09. The SMILES string of the molecule is CNc1ccc2[nH]c(C(C)C3CC3)nc2n1. The van der Waals surface area contributed by atoms with Crippen molar-refractivity contribution in [3.05, 3.63) is 18.0 Å². The summed E-state index contributed by atoms with van der Waals surface area (Å²) < 4.78 is 0. The van der Waals surface area contributed by atoms with Gasteiger partial charge in [-0.25, -0.2) is 9.97 Å². The Balaban J connectivity index is 2.01. The molecule has 16 heavy (non-hydrogen) atoms. The molecule has 1 saturated carbocycles. The minimum Gasteiger partial charge on any atom is -0.373 e. The van der Waals surface area contributed by atoms with Crippen LogP contribution in [0.1, 0.15) is 31.5 Å². The van der Waals surface area contributed by atoms with E-state index in [1.165, 1.54) is 12.8 Å². The molecule has 0 amide bonds. The molecule has 1 unspecified atom stereocenters. The Bertz CT molecular complexity index is 513. The van der Waals surface area contributed by atoms with Crippen molar-refractivity contribution in [3.63, 3.8) is 0 Å². The van der Waals surface area contributed by atoms with Crippen LogP contribution in [0.2, 0.25) is 0 Å². The molecule has 4 heteroatoms. The maximum absolute atomic E-state index is 4.58. The summed E-state index contributed by atoms with van der Waals surface area (Å²) in [7, 11) is 1.87. The Labute approximate surface area is 94.5 Å². The van der Waals surface area contributed by atoms with Crippen LogP contribution in [0, 0.1) is 5.92 Å². The lowest BCUT2D eigenvalue weighted by Gasteiger charge is -2.03. The maximum Gasteiger partial charge on any atom is 0.179 e. The molecule has 0 aromatic carbocycles. The van der Waals surface area contributed by atoms with E-state index >= 15 is 0 Å². The van der Waals surface area contributed by atoms with Gasteiger partial charge in [0.2, 0.25) is 0 Å². The van der Waals surface area contributed by atoms with Crippen LogP contribution in [0.3, 0.4) is 0 Å². The summed E-state index contributed by atoms with van der Waals surface area (Å²) >= 11 is 0. The van der Waals surface area contributed by atoms with Crippen LogP contribution in [-0.4, -0.2) is 22.0 Å². The van der Waals surface area contributed by atoms with Gasteiger partial charge < -0.3 is 10.3 Å². The fraction of sp³-hybridized carbons (Fsp3) is 0.500. The van der Waals surface area contributed by atoms with Gasteiger partial charge in [0.15, 0.2) is 5.65 Å². The molecule has 2 aromatic heterocycles. The van der Waals surface area contributed by atoms with E-state index in [0.717, 1.165) is 28.7 Å². The van der Waals surface area contributed by atoms with Gasteiger partial charge in [0.25, 0.3) is 0 Å². The highest BCUT2D eigenvalue weighted by atomic mass is 15.0. The Morgan fingerprint density at radius 2 is 2.19 bits per heavy atom. The van der Waals surface area contributed by atoms with E-state index in [1.54, 1.807) is 0 Å². The van der Waals surface area contributed by atoms with Crippen LogP contribution in [-0.2, 0) is 0 Å². The van der Waals surface area contributed by atoms with Gasteiger partial charge in [-0.3, -0.25) is 0 Å². The zero-order valence-electron chi connectivity index (χ0n) is 9.62. The lowest BCUT2D eigenvalue weighted by Crippen LogP contribution is -1.97. The summed E-state index contributed by atoms with van der Waals surface area (Å²) in [5, 5.41) is 3.03. The Hall–Kier alpha value is -1.58. The van der Waals surface area contributed by atoms with Gasteiger partial charge in [-0.2, -0.15) is 0 Å². The minimum atomic E-state index is 0.534. The number of nitrogens with zero attached hydrogens (tertiary/aromatic N) is 2. The van der Waals surface area contributed by atoms with Crippen LogP contribution in [0.25, 0.3) is 11.2 Å². The number of rotatable bonds is 3. The molecular formula is C12H16N4. The zero-order valence-corrected chi connectivity index (χ0v) is 9.62. The smallest absolute Gasteiger partial charge is 0.179 e. The quantitative estimate of drug-likeness (QED) is 0.828. The summed E-state index contributed by atoms with van der Waals surface area (Å²) in [5.41, 5.74) is 1.84. The number of hydrogen-bond donors (Lipinski definition) is 2. The van der Waals surface area contributed by atoms with Crippen molar-refractivity contribution in [1.82, 2.24) is 15.0 Å². The summed E-state index contributed by atoms with van der Waals surface area (Å²) in [6.45, 7) is 2.24. The molecule has 1 aliphatic rings. The Morgan fingerprint density at radius 3 is 2.88 bits per heavy atom. The lowest BCUT2D eigenvalue weighted by molar-refractivity contribution is 0.630. The number of H-pyrrole nitrogens is 1. The van der Waals surface area contributed by atoms with Crippen molar-refractivity contribution in [2.24, 2.45) is 5.92 Å². The molecule has 1 atom stereocenters. The van der Waals surface area contributed by atoms with E-state index in [-0.39, 0.29) is 0 Å². The van der Waals surface area contributed by atoms with Crippen molar-refractivity contribution < 1.29 is 0 Å². The predicted octanol–water partition coefficient (Wildman–Crippen LogP) is 2.51. The number of imidazole rings is 1. The second-order valence-corrected chi connectivity index (χ2v) is 4.57. The lowest BCUT2D eigenvalue weighted by atomic mass is 10.1. The first-order valence-electron chi connectivity index (χ1n) is 5.82. The highest BCUT2D eigenvalue weighted by Gasteiger charge is 2.30. The van der Waals surface area contributed by atoms with Gasteiger partial charge in [0.05, 0.1) is 5.52 Å². The first-order chi connectivity index (χ1) is 7.78. The monoisotopic (exact) mass is 216 g/mol. The minimum absolute atomic E-state index is 0.534. The number of hydrogen-bond acceptors (Lipinski definition) is 3. The fourth-order valence-corrected chi connectivity index (χ4v) is 2.09. The number of fused-ring (bicyclic) bond motifs is 1. The van der Waals surface area contributed by atoms with Crippen molar-refractivity contribution >= 4 is 17.0 Å². The highest BCUT2D eigenvalue weighted by molar-refractivity contribution is 5.73. The molecule has 0 radical (unpaired) electrons. The van der Waals surface area contributed by atoms with Crippen molar-refractivity contribution in [1.29, 1.82) is 0 Å². The zero-order chi connectivity index (χ0) is 11.1. The summed E-state index contributed by atoms with van der Waals surface area (Å²) in [5.74, 6) is 3.31. The van der Waals surface area contributed by atoms with E-state index in [2.05, 4.69) is 27.2 Å². The van der Waals surface area contributed by atoms with Crippen molar-refractivity contribution in [3.8, 4) is 0 Å². The van der Waals surface area contributed by atoms with Crippen LogP contribution >= 0.6 is 0 Å². The molecule has 1 aliphatic carbocycles. The summed E-state index contributed by atoms with van der Waals surface area (Å²) in [6, 6.07) is 4.00. The third-order valence-corrected chi connectivity index (χ3v) is 3.38. The number of anilines is 1. The highest BCUT2D eigenvalue weighted by Crippen LogP contribution is 2.41. The molecule has 1 fully saturated rings. The second kappa shape index (κ2) is 3.47. The van der Waals surface area contributed by atoms with E-state index in [0.29, 0.717) is 5.92 Å².